The van der Waals surface area contributed by atoms with Crippen molar-refractivity contribution in [2.75, 3.05) is 35.6 Å². The van der Waals surface area contributed by atoms with Crippen LogP contribution in [0.3, 0.4) is 0 Å². The molecule has 0 radical (unpaired) electrons. The van der Waals surface area contributed by atoms with Gasteiger partial charge in [0, 0.05) is 18.8 Å². The van der Waals surface area contributed by atoms with E-state index in [1.54, 1.807) is 25.1 Å². The SMILES string of the molecule is CCOC(=O)c1cccc(Nc2ncnc(N(CC)CC)c2N)c1. The molecule has 7 nitrogen and oxygen atoms in total. The molecular formula is C17H23N5O2. The maximum absolute atomic E-state index is 11.8. The molecule has 2 rings (SSSR count). The molecule has 0 atom stereocenters. The largest absolute Gasteiger partial charge is 0.462 e. The molecule has 0 amide bonds. The van der Waals surface area contributed by atoms with Gasteiger partial charge < -0.3 is 20.7 Å². The van der Waals surface area contributed by atoms with E-state index in [1.165, 1.54) is 6.33 Å². The Hall–Kier alpha value is -2.83. The number of carbonyl (C=O) groups is 1. The van der Waals surface area contributed by atoms with Crippen LogP contribution in [-0.4, -0.2) is 35.6 Å². The van der Waals surface area contributed by atoms with Crippen LogP contribution < -0.4 is 16.0 Å². The summed E-state index contributed by atoms with van der Waals surface area (Å²) in [5.74, 6) is 0.840. The molecular weight excluding hydrogens is 306 g/mol. The average Bonchev–Trinajstić information content (AvgIpc) is 2.59. The molecule has 0 saturated heterocycles. The van der Waals surface area contributed by atoms with Gasteiger partial charge in [0.25, 0.3) is 0 Å². The minimum absolute atomic E-state index is 0.336. The van der Waals surface area contributed by atoms with Crippen molar-refractivity contribution in [2.24, 2.45) is 0 Å². The Labute approximate surface area is 141 Å². The molecule has 0 saturated carbocycles. The molecule has 24 heavy (non-hydrogen) atoms. The van der Waals surface area contributed by atoms with Gasteiger partial charge in [-0.25, -0.2) is 14.8 Å². The average molecular weight is 329 g/mol. The van der Waals surface area contributed by atoms with Crippen LogP contribution in [0.25, 0.3) is 0 Å². The lowest BCUT2D eigenvalue weighted by Gasteiger charge is -2.22. The number of nitrogens with two attached hydrogens (primary N) is 1. The molecule has 0 fully saturated rings. The number of anilines is 4. The number of nitrogen functional groups attached to an aromatic ring is 1. The Morgan fingerprint density at radius 2 is 2.00 bits per heavy atom. The molecule has 1 aromatic heterocycles. The summed E-state index contributed by atoms with van der Waals surface area (Å²) in [6.07, 6.45) is 1.47. The summed E-state index contributed by atoms with van der Waals surface area (Å²) in [6.45, 7) is 7.80. The predicted octanol–water partition coefficient (Wildman–Crippen LogP) is 2.83. The Morgan fingerprint density at radius 3 is 2.67 bits per heavy atom. The minimum Gasteiger partial charge on any atom is -0.462 e. The minimum atomic E-state index is -0.361. The summed E-state index contributed by atoms with van der Waals surface area (Å²) in [5, 5.41) is 3.14. The Bertz CT molecular complexity index is 701. The Morgan fingerprint density at radius 1 is 1.25 bits per heavy atom. The number of hydrogen-bond donors (Lipinski definition) is 2. The molecule has 1 aromatic carbocycles. The molecule has 0 aliphatic carbocycles. The van der Waals surface area contributed by atoms with E-state index in [4.69, 9.17) is 10.5 Å². The lowest BCUT2D eigenvalue weighted by atomic mass is 10.2. The van der Waals surface area contributed by atoms with Gasteiger partial charge in [0.15, 0.2) is 11.6 Å². The van der Waals surface area contributed by atoms with Gasteiger partial charge in [0.05, 0.1) is 12.2 Å². The van der Waals surface area contributed by atoms with Crippen molar-refractivity contribution >= 4 is 29.0 Å². The van der Waals surface area contributed by atoms with Crippen LogP contribution in [0.15, 0.2) is 30.6 Å². The maximum Gasteiger partial charge on any atom is 0.338 e. The number of aromatic nitrogens is 2. The third-order valence-corrected chi connectivity index (χ3v) is 3.56. The van der Waals surface area contributed by atoms with E-state index in [0.29, 0.717) is 35.2 Å². The molecule has 0 aliphatic heterocycles. The summed E-state index contributed by atoms with van der Waals surface area (Å²) in [7, 11) is 0. The number of ether oxygens (including phenoxy) is 1. The van der Waals surface area contributed by atoms with Gasteiger partial charge in [0.1, 0.15) is 12.0 Å². The molecule has 0 unspecified atom stereocenters. The first kappa shape index (κ1) is 17.5. The third kappa shape index (κ3) is 3.92. The van der Waals surface area contributed by atoms with E-state index in [1.807, 2.05) is 19.9 Å². The predicted molar refractivity (Wildman–Crippen MR) is 95.7 cm³/mol. The van der Waals surface area contributed by atoms with Crippen molar-refractivity contribution in [3.8, 4) is 0 Å². The number of nitrogens with zero attached hydrogens (tertiary/aromatic N) is 3. The normalized spacial score (nSPS) is 10.3. The van der Waals surface area contributed by atoms with E-state index in [9.17, 15) is 4.79 Å². The van der Waals surface area contributed by atoms with Crippen molar-refractivity contribution in [2.45, 2.75) is 20.8 Å². The highest BCUT2D eigenvalue weighted by molar-refractivity contribution is 5.91. The molecule has 0 aliphatic rings. The topological polar surface area (TPSA) is 93.4 Å². The van der Waals surface area contributed by atoms with Crippen molar-refractivity contribution in [1.82, 2.24) is 9.97 Å². The highest BCUT2D eigenvalue weighted by Gasteiger charge is 2.13. The van der Waals surface area contributed by atoms with Crippen LogP contribution in [0.4, 0.5) is 23.0 Å². The molecule has 0 bridgehead atoms. The second kappa shape index (κ2) is 8.14. The van der Waals surface area contributed by atoms with Crippen LogP contribution in [0.1, 0.15) is 31.1 Å². The number of hydrogen-bond acceptors (Lipinski definition) is 7. The Kier molecular flexibility index (Phi) is 5.95. The fraction of sp³-hybridized carbons (Fsp3) is 0.353. The number of rotatable bonds is 7. The van der Waals surface area contributed by atoms with Crippen LogP contribution in [0.2, 0.25) is 0 Å². The number of esters is 1. The van der Waals surface area contributed by atoms with Crippen LogP contribution in [0, 0.1) is 0 Å². The van der Waals surface area contributed by atoms with Crippen LogP contribution in [-0.2, 0) is 4.74 Å². The zero-order valence-electron chi connectivity index (χ0n) is 14.2. The summed E-state index contributed by atoms with van der Waals surface area (Å²) < 4.78 is 5.01. The van der Waals surface area contributed by atoms with Gasteiger partial charge in [-0.15, -0.1) is 0 Å². The van der Waals surface area contributed by atoms with Crippen molar-refractivity contribution in [3.05, 3.63) is 36.2 Å². The first-order valence-corrected chi connectivity index (χ1v) is 8.00. The van der Waals surface area contributed by atoms with Crippen molar-refractivity contribution < 1.29 is 9.53 Å². The second-order valence-corrected chi connectivity index (χ2v) is 5.06. The van der Waals surface area contributed by atoms with Crippen molar-refractivity contribution in [3.63, 3.8) is 0 Å². The van der Waals surface area contributed by atoms with E-state index in [0.717, 1.165) is 13.1 Å². The fourth-order valence-corrected chi connectivity index (χ4v) is 2.34. The highest BCUT2D eigenvalue weighted by Crippen LogP contribution is 2.28. The highest BCUT2D eigenvalue weighted by atomic mass is 16.5. The molecule has 128 valence electrons. The van der Waals surface area contributed by atoms with Gasteiger partial charge in [-0.3, -0.25) is 0 Å². The van der Waals surface area contributed by atoms with Gasteiger partial charge in [-0.05, 0) is 39.0 Å². The summed E-state index contributed by atoms with van der Waals surface area (Å²) in [4.78, 5) is 22.4. The van der Waals surface area contributed by atoms with E-state index < -0.39 is 0 Å². The second-order valence-electron chi connectivity index (χ2n) is 5.06. The Balaban J connectivity index is 2.27. The first-order chi connectivity index (χ1) is 11.6. The first-order valence-electron chi connectivity index (χ1n) is 8.00. The number of nitrogens with one attached hydrogen (secondary N) is 1. The van der Waals surface area contributed by atoms with Crippen LogP contribution in [0.5, 0.6) is 0 Å². The molecule has 3 N–H and O–H groups in total. The van der Waals surface area contributed by atoms with Gasteiger partial charge in [-0.1, -0.05) is 6.07 Å². The lowest BCUT2D eigenvalue weighted by molar-refractivity contribution is 0.0526. The third-order valence-electron chi connectivity index (χ3n) is 3.56. The smallest absolute Gasteiger partial charge is 0.338 e. The summed E-state index contributed by atoms with van der Waals surface area (Å²) in [5.41, 5.74) is 7.86. The molecule has 1 heterocycles. The van der Waals surface area contributed by atoms with E-state index in [-0.39, 0.29) is 5.97 Å². The van der Waals surface area contributed by atoms with Crippen molar-refractivity contribution in [1.29, 1.82) is 0 Å². The number of carbonyl (C=O) groups excluding carboxylic acids is 1. The van der Waals surface area contributed by atoms with E-state index >= 15 is 0 Å². The fourth-order valence-electron chi connectivity index (χ4n) is 2.34. The van der Waals surface area contributed by atoms with Gasteiger partial charge in [0.2, 0.25) is 0 Å². The lowest BCUT2D eigenvalue weighted by Crippen LogP contribution is -2.24. The quantitative estimate of drug-likeness (QED) is 0.754. The molecule has 2 aromatic rings. The summed E-state index contributed by atoms with van der Waals surface area (Å²) >= 11 is 0. The molecule has 7 heteroatoms. The number of benzene rings is 1. The van der Waals surface area contributed by atoms with E-state index in [2.05, 4.69) is 20.2 Å². The molecule has 0 spiro atoms. The zero-order valence-corrected chi connectivity index (χ0v) is 14.2. The standard InChI is InChI=1S/C17H23N5O2/c1-4-22(5-2)16-14(18)15(19-11-20-16)21-13-9-7-8-12(10-13)17(23)24-6-3/h7-11H,4-6,18H2,1-3H3,(H,19,20,21). The monoisotopic (exact) mass is 329 g/mol. The van der Waals surface area contributed by atoms with Gasteiger partial charge >= 0.3 is 5.97 Å². The van der Waals surface area contributed by atoms with Gasteiger partial charge in [-0.2, -0.15) is 0 Å². The zero-order chi connectivity index (χ0) is 17.5. The van der Waals surface area contributed by atoms with Crippen LogP contribution >= 0.6 is 0 Å². The summed E-state index contributed by atoms with van der Waals surface area (Å²) in [6, 6.07) is 7.02. The maximum atomic E-state index is 11.8.